The second-order valence-electron chi connectivity index (χ2n) is 6.02. The van der Waals surface area contributed by atoms with Crippen LogP contribution in [0.2, 0.25) is 5.02 Å². The first-order valence-electron chi connectivity index (χ1n) is 8.51. The lowest BCUT2D eigenvalue weighted by Gasteiger charge is -2.10. The topological polar surface area (TPSA) is 80.3 Å². The third-order valence-electron chi connectivity index (χ3n) is 3.79. The predicted molar refractivity (Wildman–Crippen MR) is 104 cm³/mol. The lowest BCUT2D eigenvalue weighted by Crippen LogP contribution is -2.35. The summed E-state index contributed by atoms with van der Waals surface area (Å²) in [6.45, 7) is 0. The van der Waals surface area contributed by atoms with Crippen molar-refractivity contribution in [1.29, 1.82) is 0 Å². The fourth-order valence-corrected chi connectivity index (χ4v) is 2.66. The maximum Gasteiger partial charge on any atom is 0.416 e. The molecule has 3 amide bonds. The molecular formula is C20H12ClF4N3O3. The third kappa shape index (κ3) is 5.70. The Balaban J connectivity index is 1.62. The number of ether oxygens (including phenoxy) is 1. The van der Waals surface area contributed by atoms with Gasteiger partial charge in [-0.1, -0.05) is 23.7 Å². The van der Waals surface area contributed by atoms with Crippen molar-refractivity contribution in [3.8, 4) is 11.6 Å². The van der Waals surface area contributed by atoms with Crippen LogP contribution in [0.15, 0.2) is 60.8 Å². The highest BCUT2D eigenvalue weighted by molar-refractivity contribution is 6.34. The van der Waals surface area contributed by atoms with E-state index in [0.717, 1.165) is 24.4 Å². The Kier molecular flexibility index (Phi) is 6.40. The van der Waals surface area contributed by atoms with Crippen LogP contribution in [0.5, 0.6) is 11.6 Å². The largest absolute Gasteiger partial charge is 0.439 e. The van der Waals surface area contributed by atoms with Crippen molar-refractivity contribution in [2.24, 2.45) is 0 Å². The fraction of sp³-hybridized carbons (Fsp3) is 0.0500. The number of pyridine rings is 1. The minimum Gasteiger partial charge on any atom is -0.439 e. The van der Waals surface area contributed by atoms with E-state index in [1.54, 1.807) is 0 Å². The van der Waals surface area contributed by atoms with E-state index in [4.69, 9.17) is 16.3 Å². The predicted octanol–water partition coefficient (Wildman–Crippen LogP) is 5.65. The molecule has 160 valence electrons. The van der Waals surface area contributed by atoms with Gasteiger partial charge in [0, 0.05) is 6.07 Å². The van der Waals surface area contributed by atoms with Gasteiger partial charge in [0.05, 0.1) is 28.0 Å². The van der Waals surface area contributed by atoms with E-state index < -0.39 is 35.1 Å². The summed E-state index contributed by atoms with van der Waals surface area (Å²) < 4.78 is 57.3. The molecule has 0 unspecified atom stereocenters. The molecule has 0 atom stereocenters. The molecule has 0 saturated heterocycles. The Labute approximate surface area is 177 Å². The Bertz CT molecular complexity index is 1100. The number of hydrogen-bond acceptors (Lipinski definition) is 4. The molecule has 2 aromatic carbocycles. The van der Waals surface area contributed by atoms with Crippen LogP contribution in [0.4, 0.5) is 28.0 Å². The molecule has 0 aliphatic heterocycles. The molecule has 31 heavy (non-hydrogen) atoms. The second-order valence-corrected chi connectivity index (χ2v) is 6.42. The van der Waals surface area contributed by atoms with E-state index in [1.807, 2.05) is 5.32 Å². The number of aromatic nitrogens is 1. The van der Waals surface area contributed by atoms with Crippen molar-refractivity contribution in [2.45, 2.75) is 6.18 Å². The van der Waals surface area contributed by atoms with Crippen LogP contribution in [-0.4, -0.2) is 16.9 Å². The minimum absolute atomic E-state index is 0.0282. The van der Waals surface area contributed by atoms with E-state index in [0.29, 0.717) is 0 Å². The van der Waals surface area contributed by atoms with E-state index >= 15 is 0 Å². The lowest BCUT2D eigenvalue weighted by atomic mass is 10.2. The van der Waals surface area contributed by atoms with Crippen molar-refractivity contribution in [3.05, 3.63) is 82.8 Å². The van der Waals surface area contributed by atoms with Gasteiger partial charge in [-0.05, 0) is 36.4 Å². The SMILES string of the molecule is O=C(NC(=O)c1c(F)cccc1Cl)Nc1ccc(Oc2cccc(C(F)(F)F)c2)nc1. The van der Waals surface area contributed by atoms with E-state index in [2.05, 4.69) is 10.3 Å². The summed E-state index contributed by atoms with van der Waals surface area (Å²) in [6, 6.07) is 9.54. The molecule has 0 saturated carbocycles. The van der Waals surface area contributed by atoms with Crippen LogP contribution < -0.4 is 15.4 Å². The Morgan fingerprint density at radius 3 is 2.42 bits per heavy atom. The second kappa shape index (κ2) is 9.00. The van der Waals surface area contributed by atoms with Crippen LogP contribution in [0, 0.1) is 5.82 Å². The summed E-state index contributed by atoms with van der Waals surface area (Å²) in [5, 5.41) is 4.06. The van der Waals surface area contributed by atoms with Crippen molar-refractivity contribution in [3.63, 3.8) is 0 Å². The molecule has 0 fully saturated rings. The van der Waals surface area contributed by atoms with Crippen molar-refractivity contribution < 1.29 is 31.9 Å². The first-order valence-corrected chi connectivity index (χ1v) is 8.89. The summed E-state index contributed by atoms with van der Waals surface area (Å²) in [5.74, 6) is -2.04. The number of hydrogen-bond donors (Lipinski definition) is 2. The summed E-state index contributed by atoms with van der Waals surface area (Å²) >= 11 is 5.77. The normalized spacial score (nSPS) is 11.0. The highest BCUT2D eigenvalue weighted by Gasteiger charge is 2.30. The highest BCUT2D eigenvalue weighted by atomic mass is 35.5. The number of alkyl halides is 3. The number of urea groups is 1. The smallest absolute Gasteiger partial charge is 0.416 e. The molecule has 3 rings (SSSR count). The Hall–Kier alpha value is -3.66. The first kappa shape index (κ1) is 22.0. The average molecular weight is 454 g/mol. The molecule has 11 heteroatoms. The molecule has 6 nitrogen and oxygen atoms in total. The molecule has 0 aliphatic rings. The number of carbonyl (C=O) groups is 2. The number of carbonyl (C=O) groups excluding carboxylic acids is 2. The van der Waals surface area contributed by atoms with Crippen LogP contribution in [0.25, 0.3) is 0 Å². The monoisotopic (exact) mass is 453 g/mol. The maximum absolute atomic E-state index is 13.7. The zero-order chi connectivity index (χ0) is 22.6. The summed E-state index contributed by atoms with van der Waals surface area (Å²) in [4.78, 5) is 27.9. The molecule has 2 N–H and O–H groups in total. The molecule has 1 aromatic heterocycles. The van der Waals surface area contributed by atoms with Crippen LogP contribution in [-0.2, 0) is 6.18 Å². The van der Waals surface area contributed by atoms with E-state index in [1.165, 1.54) is 36.4 Å². The first-order chi connectivity index (χ1) is 14.6. The highest BCUT2D eigenvalue weighted by Crippen LogP contribution is 2.32. The number of benzene rings is 2. The van der Waals surface area contributed by atoms with Gasteiger partial charge in [-0.2, -0.15) is 13.2 Å². The lowest BCUT2D eigenvalue weighted by molar-refractivity contribution is -0.137. The quantitative estimate of drug-likeness (QED) is 0.500. The molecular weight excluding hydrogens is 442 g/mol. The number of halogens is 5. The number of nitrogens with zero attached hydrogens (tertiary/aromatic N) is 1. The van der Waals surface area contributed by atoms with Crippen LogP contribution in [0.3, 0.4) is 0 Å². The Morgan fingerprint density at radius 1 is 1.03 bits per heavy atom. The number of nitrogens with one attached hydrogen (secondary N) is 2. The zero-order valence-corrected chi connectivity index (χ0v) is 16.1. The van der Waals surface area contributed by atoms with E-state index in [9.17, 15) is 27.2 Å². The summed E-state index contributed by atoms with van der Waals surface area (Å²) in [7, 11) is 0. The number of imide groups is 1. The molecule has 0 bridgehead atoms. The summed E-state index contributed by atoms with van der Waals surface area (Å²) in [5.41, 5.74) is -1.22. The number of rotatable bonds is 4. The average Bonchev–Trinajstić information content (AvgIpc) is 2.69. The standard InChI is InChI=1S/C20H12ClF4N3O3/c21-14-5-2-6-15(22)17(14)18(29)28-19(30)27-12-7-8-16(26-10-12)31-13-4-1-3-11(9-13)20(23,24)25/h1-10H,(H2,27,28,29,30). The third-order valence-corrected chi connectivity index (χ3v) is 4.11. The van der Waals surface area contributed by atoms with Crippen LogP contribution in [0.1, 0.15) is 15.9 Å². The van der Waals surface area contributed by atoms with Gasteiger partial charge in [0.25, 0.3) is 5.91 Å². The van der Waals surface area contributed by atoms with Gasteiger partial charge >= 0.3 is 12.2 Å². The van der Waals surface area contributed by atoms with Gasteiger partial charge < -0.3 is 10.1 Å². The number of anilines is 1. The van der Waals surface area contributed by atoms with Gasteiger partial charge in [0.2, 0.25) is 5.88 Å². The van der Waals surface area contributed by atoms with Crippen LogP contribution >= 0.6 is 11.6 Å². The molecule has 3 aromatic rings. The van der Waals surface area contributed by atoms with Crippen molar-refractivity contribution in [1.82, 2.24) is 10.3 Å². The molecule has 0 radical (unpaired) electrons. The van der Waals surface area contributed by atoms with Gasteiger partial charge in [-0.25, -0.2) is 14.2 Å². The summed E-state index contributed by atoms with van der Waals surface area (Å²) in [6.07, 6.45) is -3.36. The minimum atomic E-state index is -4.52. The van der Waals surface area contributed by atoms with Crippen molar-refractivity contribution in [2.75, 3.05) is 5.32 Å². The maximum atomic E-state index is 13.7. The molecule has 1 heterocycles. The van der Waals surface area contributed by atoms with Gasteiger partial charge in [-0.3, -0.25) is 10.1 Å². The molecule has 0 aliphatic carbocycles. The van der Waals surface area contributed by atoms with Gasteiger partial charge in [0.15, 0.2) is 0 Å². The van der Waals surface area contributed by atoms with E-state index in [-0.39, 0.29) is 22.3 Å². The fourth-order valence-electron chi connectivity index (χ4n) is 2.41. The van der Waals surface area contributed by atoms with Crippen molar-refractivity contribution >= 4 is 29.2 Å². The molecule has 0 spiro atoms. The zero-order valence-electron chi connectivity index (χ0n) is 15.3. The van der Waals surface area contributed by atoms with Gasteiger partial charge in [-0.15, -0.1) is 0 Å². The van der Waals surface area contributed by atoms with Gasteiger partial charge in [0.1, 0.15) is 11.6 Å². The Morgan fingerprint density at radius 2 is 1.77 bits per heavy atom. The number of amides is 3.